The van der Waals surface area contributed by atoms with E-state index in [9.17, 15) is 9.59 Å². The van der Waals surface area contributed by atoms with Crippen LogP contribution in [0.4, 0.5) is 0 Å². The summed E-state index contributed by atoms with van der Waals surface area (Å²) in [6, 6.07) is 5.20. The van der Waals surface area contributed by atoms with Gasteiger partial charge in [-0.05, 0) is 18.2 Å². The van der Waals surface area contributed by atoms with E-state index in [1.165, 1.54) is 18.2 Å². The molecule has 1 fully saturated rings. The highest BCUT2D eigenvalue weighted by atomic mass is 16.6. The van der Waals surface area contributed by atoms with Crippen LogP contribution in [0.2, 0.25) is 0 Å². The molecule has 1 heterocycles. The van der Waals surface area contributed by atoms with Crippen LogP contribution in [0, 0.1) is 0 Å². The fourth-order valence-corrected chi connectivity index (χ4v) is 0.785. The molecule has 2 N–H and O–H groups in total. The Morgan fingerprint density at radius 1 is 1.07 bits per heavy atom. The summed E-state index contributed by atoms with van der Waals surface area (Å²) >= 11 is 0. The molecule has 1 aliphatic rings. The second-order valence-corrected chi connectivity index (χ2v) is 2.80. The van der Waals surface area contributed by atoms with Gasteiger partial charge in [0.15, 0.2) is 0 Å². The highest BCUT2D eigenvalue weighted by Crippen LogP contribution is 2.04. The average Bonchev–Trinajstić information content (AvgIpc) is 3.04. The number of benzene rings is 1. The first-order valence-corrected chi connectivity index (χ1v) is 4.25. The summed E-state index contributed by atoms with van der Waals surface area (Å²) in [5.41, 5.74) is -0.0372. The number of hydrogen-bond acceptors (Lipinski definition) is 3. The maximum absolute atomic E-state index is 10.4. The SMILES string of the molecule is C1CO1.O=C(O)c1cccc(C(=O)O)c1. The van der Waals surface area contributed by atoms with Gasteiger partial charge in [-0.3, -0.25) is 0 Å². The molecule has 0 aromatic heterocycles. The molecule has 0 saturated carbocycles. The minimum Gasteiger partial charge on any atom is -0.478 e. The number of carboxylic acids is 2. The van der Waals surface area contributed by atoms with E-state index in [1.54, 1.807) is 0 Å². The van der Waals surface area contributed by atoms with Gasteiger partial charge in [-0.1, -0.05) is 6.07 Å². The molecular weight excluding hydrogens is 200 g/mol. The molecule has 1 aliphatic heterocycles. The predicted octanol–water partition coefficient (Wildman–Crippen LogP) is 1.10. The van der Waals surface area contributed by atoms with Crippen LogP contribution in [0.3, 0.4) is 0 Å². The molecule has 2 rings (SSSR count). The number of carboxylic acid groups (broad SMARTS) is 2. The zero-order valence-corrected chi connectivity index (χ0v) is 7.84. The standard InChI is InChI=1S/C8H6O4.C2H4O/c9-7(10)5-2-1-3-6(4-5)8(11)12;1-2-3-1/h1-4H,(H,9,10)(H,11,12);1-2H2. The zero-order chi connectivity index (χ0) is 11.3. The molecule has 0 amide bonds. The first-order chi connectivity index (χ1) is 7.11. The van der Waals surface area contributed by atoms with E-state index < -0.39 is 11.9 Å². The van der Waals surface area contributed by atoms with Gasteiger partial charge in [-0.15, -0.1) is 0 Å². The van der Waals surface area contributed by atoms with Crippen LogP contribution in [0.1, 0.15) is 20.7 Å². The summed E-state index contributed by atoms with van der Waals surface area (Å²) in [5, 5.41) is 17.0. The van der Waals surface area contributed by atoms with Crippen molar-refractivity contribution < 1.29 is 24.5 Å². The molecule has 80 valence electrons. The topological polar surface area (TPSA) is 87.1 Å². The van der Waals surface area contributed by atoms with E-state index in [0.717, 1.165) is 19.3 Å². The number of carbonyl (C=O) groups is 2. The fraction of sp³-hybridized carbons (Fsp3) is 0.200. The summed E-state index contributed by atoms with van der Waals surface area (Å²) in [6.07, 6.45) is 0. The molecule has 0 spiro atoms. The third-order valence-electron chi connectivity index (χ3n) is 1.56. The summed E-state index contributed by atoms with van der Waals surface area (Å²) in [4.78, 5) is 20.8. The largest absolute Gasteiger partial charge is 0.478 e. The molecule has 1 aromatic carbocycles. The van der Waals surface area contributed by atoms with E-state index in [-0.39, 0.29) is 11.1 Å². The lowest BCUT2D eigenvalue weighted by atomic mass is 10.1. The molecular formula is C10H10O5. The molecule has 5 nitrogen and oxygen atoms in total. The van der Waals surface area contributed by atoms with Gasteiger partial charge in [-0.25, -0.2) is 9.59 Å². The van der Waals surface area contributed by atoms with Gasteiger partial charge in [0.2, 0.25) is 0 Å². The fourth-order valence-electron chi connectivity index (χ4n) is 0.785. The van der Waals surface area contributed by atoms with E-state index in [1.807, 2.05) is 0 Å². The Labute approximate surface area is 85.9 Å². The summed E-state index contributed by atoms with van der Waals surface area (Å²) < 4.78 is 4.50. The summed E-state index contributed by atoms with van der Waals surface area (Å²) in [6.45, 7) is 2.00. The molecule has 1 saturated heterocycles. The highest BCUT2D eigenvalue weighted by molar-refractivity contribution is 5.93. The Balaban J connectivity index is 0.000000319. The number of ether oxygens (including phenoxy) is 1. The van der Waals surface area contributed by atoms with Crippen molar-refractivity contribution >= 4 is 11.9 Å². The third kappa shape index (κ3) is 4.24. The molecule has 0 atom stereocenters. The van der Waals surface area contributed by atoms with Crippen LogP contribution < -0.4 is 0 Å². The van der Waals surface area contributed by atoms with Gasteiger partial charge in [0.25, 0.3) is 0 Å². The van der Waals surface area contributed by atoms with Gasteiger partial charge in [0.1, 0.15) is 0 Å². The van der Waals surface area contributed by atoms with E-state index in [2.05, 4.69) is 4.74 Å². The maximum atomic E-state index is 10.4. The number of hydrogen-bond donors (Lipinski definition) is 2. The first-order valence-electron chi connectivity index (χ1n) is 4.25. The Morgan fingerprint density at radius 3 is 1.73 bits per heavy atom. The molecule has 0 aliphatic carbocycles. The minimum atomic E-state index is -1.13. The lowest BCUT2D eigenvalue weighted by Gasteiger charge is -1.95. The van der Waals surface area contributed by atoms with E-state index in [4.69, 9.17) is 10.2 Å². The van der Waals surface area contributed by atoms with Crippen LogP contribution in [0.15, 0.2) is 24.3 Å². The smallest absolute Gasteiger partial charge is 0.335 e. The van der Waals surface area contributed by atoms with E-state index in [0.29, 0.717) is 0 Å². The monoisotopic (exact) mass is 210 g/mol. The zero-order valence-electron chi connectivity index (χ0n) is 7.84. The van der Waals surface area contributed by atoms with Crippen molar-refractivity contribution in [3.8, 4) is 0 Å². The summed E-state index contributed by atoms with van der Waals surface area (Å²) in [7, 11) is 0. The molecule has 0 bridgehead atoms. The van der Waals surface area contributed by atoms with Crippen molar-refractivity contribution in [3.05, 3.63) is 35.4 Å². The number of rotatable bonds is 2. The molecule has 15 heavy (non-hydrogen) atoms. The van der Waals surface area contributed by atoms with Crippen molar-refractivity contribution in [2.45, 2.75) is 0 Å². The van der Waals surface area contributed by atoms with E-state index >= 15 is 0 Å². The Morgan fingerprint density at radius 2 is 1.47 bits per heavy atom. The second kappa shape index (κ2) is 5.11. The normalized spacial score (nSPS) is 12.3. The third-order valence-corrected chi connectivity index (χ3v) is 1.56. The first kappa shape index (κ1) is 11.2. The van der Waals surface area contributed by atoms with Gasteiger partial charge < -0.3 is 14.9 Å². The van der Waals surface area contributed by atoms with Crippen LogP contribution in [-0.2, 0) is 4.74 Å². The second-order valence-electron chi connectivity index (χ2n) is 2.80. The molecule has 5 heteroatoms. The van der Waals surface area contributed by atoms with Crippen molar-refractivity contribution in [2.75, 3.05) is 13.2 Å². The average molecular weight is 210 g/mol. The Bertz CT molecular complexity index is 338. The van der Waals surface area contributed by atoms with Crippen LogP contribution in [0.25, 0.3) is 0 Å². The quantitative estimate of drug-likeness (QED) is 0.713. The highest BCUT2D eigenvalue weighted by Gasteiger charge is 2.06. The van der Waals surface area contributed by atoms with Crippen molar-refractivity contribution in [2.24, 2.45) is 0 Å². The van der Waals surface area contributed by atoms with Gasteiger partial charge in [0, 0.05) is 0 Å². The Hall–Kier alpha value is -1.88. The lowest BCUT2D eigenvalue weighted by Crippen LogP contribution is -2.01. The van der Waals surface area contributed by atoms with Crippen LogP contribution >= 0.6 is 0 Å². The van der Waals surface area contributed by atoms with Gasteiger partial charge >= 0.3 is 11.9 Å². The number of epoxide rings is 1. The summed E-state index contributed by atoms with van der Waals surface area (Å²) in [5.74, 6) is -2.25. The maximum Gasteiger partial charge on any atom is 0.335 e. The predicted molar refractivity (Wildman–Crippen MR) is 51.2 cm³/mol. The molecule has 0 unspecified atom stereocenters. The molecule has 0 radical (unpaired) electrons. The van der Waals surface area contributed by atoms with Crippen LogP contribution in [-0.4, -0.2) is 35.4 Å². The van der Waals surface area contributed by atoms with Gasteiger partial charge in [0.05, 0.1) is 24.3 Å². The lowest BCUT2D eigenvalue weighted by molar-refractivity contribution is 0.0696. The Kier molecular flexibility index (Phi) is 3.82. The minimum absolute atomic E-state index is 0.0186. The van der Waals surface area contributed by atoms with Crippen molar-refractivity contribution in [1.29, 1.82) is 0 Å². The number of aromatic carboxylic acids is 2. The van der Waals surface area contributed by atoms with Crippen molar-refractivity contribution in [3.63, 3.8) is 0 Å². The van der Waals surface area contributed by atoms with Crippen LogP contribution in [0.5, 0.6) is 0 Å². The van der Waals surface area contributed by atoms with Crippen molar-refractivity contribution in [1.82, 2.24) is 0 Å². The van der Waals surface area contributed by atoms with Gasteiger partial charge in [-0.2, -0.15) is 0 Å². The molecule has 1 aromatic rings.